The summed E-state index contributed by atoms with van der Waals surface area (Å²) in [6.45, 7) is 2.53. The lowest BCUT2D eigenvalue weighted by Gasteiger charge is -2.07. The molecule has 0 radical (unpaired) electrons. The van der Waals surface area contributed by atoms with Crippen LogP contribution in [0.2, 0.25) is 0 Å². The Morgan fingerprint density at radius 2 is 2.40 bits per heavy atom. The summed E-state index contributed by atoms with van der Waals surface area (Å²) >= 11 is 3.28. The van der Waals surface area contributed by atoms with Crippen molar-refractivity contribution in [3.8, 4) is 0 Å². The van der Waals surface area contributed by atoms with Gasteiger partial charge in [0.1, 0.15) is 5.82 Å². The molecule has 0 fully saturated rings. The smallest absolute Gasteiger partial charge is 0.149 e. The first kappa shape index (κ1) is 12.4. The van der Waals surface area contributed by atoms with Gasteiger partial charge in [-0.25, -0.2) is 4.98 Å². The summed E-state index contributed by atoms with van der Waals surface area (Å²) in [5, 5.41) is 3.06. The van der Waals surface area contributed by atoms with Gasteiger partial charge in [0.05, 0.1) is 5.69 Å². The Morgan fingerprint density at radius 1 is 1.67 bits per heavy atom. The molecule has 0 saturated carbocycles. The maximum absolute atomic E-state index is 11.2. The molecule has 0 bridgehead atoms. The van der Waals surface area contributed by atoms with Crippen molar-refractivity contribution in [3.05, 3.63) is 16.7 Å². The van der Waals surface area contributed by atoms with Crippen molar-refractivity contribution in [1.29, 1.82) is 0 Å². The fourth-order valence-corrected chi connectivity index (χ4v) is 2.00. The van der Waals surface area contributed by atoms with Crippen LogP contribution in [0.3, 0.4) is 0 Å². The van der Waals surface area contributed by atoms with Crippen LogP contribution in [-0.4, -0.2) is 27.2 Å². The van der Waals surface area contributed by atoms with Crippen molar-refractivity contribution < 1.29 is 4.21 Å². The van der Waals surface area contributed by atoms with Crippen molar-refractivity contribution in [3.63, 3.8) is 0 Å². The third-order valence-electron chi connectivity index (χ3n) is 1.83. The summed E-state index contributed by atoms with van der Waals surface area (Å²) in [6, 6.07) is 1.78. The van der Waals surface area contributed by atoms with Crippen LogP contribution in [0.15, 0.2) is 16.7 Å². The van der Waals surface area contributed by atoms with E-state index in [1.165, 1.54) is 0 Å². The highest BCUT2D eigenvalue weighted by molar-refractivity contribution is 9.10. The van der Waals surface area contributed by atoms with Crippen LogP contribution in [0.4, 0.5) is 11.5 Å². The molecule has 0 aliphatic rings. The fourth-order valence-electron chi connectivity index (χ4n) is 1.03. The zero-order valence-corrected chi connectivity index (χ0v) is 10.9. The molecule has 0 amide bonds. The molecule has 6 heteroatoms. The van der Waals surface area contributed by atoms with Gasteiger partial charge < -0.3 is 11.1 Å². The second-order valence-corrected chi connectivity index (χ2v) is 5.73. The van der Waals surface area contributed by atoms with Crippen LogP contribution in [0.25, 0.3) is 0 Å². The molecule has 1 aromatic heterocycles. The number of aromatic nitrogens is 1. The van der Waals surface area contributed by atoms with Gasteiger partial charge in [-0.2, -0.15) is 0 Å². The van der Waals surface area contributed by atoms with E-state index in [1.54, 1.807) is 12.3 Å². The molecule has 3 N–H and O–H groups in total. The number of nitrogens with two attached hydrogens (primary N) is 1. The van der Waals surface area contributed by atoms with Crippen molar-refractivity contribution in [2.45, 2.75) is 6.92 Å². The van der Waals surface area contributed by atoms with E-state index in [2.05, 4.69) is 26.2 Å². The van der Waals surface area contributed by atoms with Crippen LogP contribution in [0.5, 0.6) is 0 Å². The molecule has 0 aliphatic carbocycles. The van der Waals surface area contributed by atoms with E-state index in [0.717, 1.165) is 4.47 Å². The lowest BCUT2D eigenvalue weighted by atomic mass is 10.4. The lowest BCUT2D eigenvalue weighted by molar-refractivity contribution is 0.684. The number of hydrogen-bond donors (Lipinski definition) is 2. The van der Waals surface area contributed by atoms with Crippen LogP contribution in [0.1, 0.15) is 6.92 Å². The van der Waals surface area contributed by atoms with E-state index in [4.69, 9.17) is 5.73 Å². The minimum atomic E-state index is -0.752. The number of nitrogens with zero attached hydrogens (tertiary/aromatic N) is 1. The molecule has 84 valence electrons. The number of halogens is 1. The average Bonchev–Trinajstić information content (AvgIpc) is 2.21. The Bertz CT molecular complexity index is 359. The minimum Gasteiger partial charge on any atom is -0.396 e. The van der Waals surface area contributed by atoms with E-state index in [0.29, 0.717) is 29.6 Å². The molecule has 1 rings (SSSR count). The Kier molecular flexibility index (Phi) is 5.04. The SMILES string of the molecule is CCS(=O)CCNc1ncc(Br)cc1N. The maximum atomic E-state index is 11.2. The molecule has 1 heterocycles. The summed E-state index contributed by atoms with van der Waals surface area (Å²) in [5.41, 5.74) is 6.33. The third-order valence-corrected chi connectivity index (χ3v) is 3.57. The van der Waals surface area contributed by atoms with Crippen molar-refractivity contribution in [2.75, 3.05) is 29.1 Å². The van der Waals surface area contributed by atoms with Crippen LogP contribution >= 0.6 is 15.9 Å². The molecule has 15 heavy (non-hydrogen) atoms. The number of hydrogen-bond acceptors (Lipinski definition) is 4. The topological polar surface area (TPSA) is 68.0 Å². The standard InChI is InChI=1S/C9H14BrN3OS/c1-2-15(14)4-3-12-9-8(11)5-7(10)6-13-9/h5-6H,2-4,11H2,1H3,(H,12,13). The van der Waals surface area contributed by atoms with Crippen molar-refractivity contribution in [1.82, 2.24) is 4.98 Å². The second kappa shape index (κ2) is 6.07. The van der Waals surface area contributed by atoms with Crippen molar-refractivity contribution in [2.24, 2.45) is 0 Å². The molecular weight excluding hydrogens is 278 g/mol. The zero-order chi connectivity index (χ0) is 11.3. The molecule has 1 aromatic rings. The molecular formula is C9H14BrN3OS. The Balaban J connectivity index is 2.47. The van der Waals surface area contributed by atoms with Crippen LogP contribution in [-0.2, 0) is 10.8 Å². The van der Waals surface area contributed by atoms with Gasteiger partial charge >= 0.3 is 0 Å². The summed E-state index contributed by atoms with van der Waals surface area (Å²) in [5.74, 6) is 1.95. The molecule has 0 spiro atoms. The molecule has 1 unspecified atom stereocenters. The summed E-state index contributed by atoms with van der Waals surface area (Å²) in [4.78, 5) is 4.12. The predicted octanol–water partition coefficient (Wildman–Crippen LogP) is 1.61. The van der Waals surface area contributed by atoms with Crippen molar-refractivity contribution >= 4 is 38.2 Å². The maximum Gasteiger partial charge on any atom is 0.149 e. The number of nitrogen functional groups attached to an aromatic ring is 1. The summed E-state index contributed by atoms with van der Waals surface area (Å²) in [6.07, 6.45) is 1.68. The summed E-state index contributed by atoms with van der Waals surface area (Å²) < 4.78 is 12.0. The molecule has 1 atom stereocenters. The Hall–Kier alpha value is -0.620. The van der Waals surface area contributed by atoms with Crippen LogP contribution < -0.4 is 11.1 Å². The second-order valence-electron chi connectivity index (χ2n) is 2.95. The van der Waals surface area contributed by atoms with Gasteiger partial charge in [-0.3, -0.25) is 4.21 Å². The number of rotatable bonds is 5. The zero-order valence-electron chi connectivity index (χ0n) is 8.50. The first-order valence-corrected chi connectivity index (χ1v) is 6.91. The highest BCUT2D eigenvalue weighted by Crippen LogP contribution is 2.19. The first-order chi connectivity index (χ1) is 7.13. The first-order valence-electron chi connectivity index (χ1n) is 4.63. The van der Waals surface area contributed by atoms with E-state index >= 15 is 0 Å². The number of pyridine rings is 1. The van der Waals surface area contributed by atoms with Gasteiger partial charge in [-0.15, -0.1) is 0 Å². The largest absolute Gasteiger partial charge is 0.396 e. The van der Waals surface area contributed by atoms with Crippen LogP contribution in [0, 0.1) is 0 Å². The highest BCUT2D eigenvalue weighted by atomic mass is 79.9. The number of anilines is 2. The normalized spacial score (nSPS) is 12.4. The highest BCUT2D eigenvalue weighted by Gasteiger charge is 2.01. The van der Waals surface area contributed by atoms with E-state index in [-0.39, 0.29) is 0 Å². The van der Waals surface area contributed by atoms with E-state index < -0.39 is 10.8 Å². The number of nitrogens with one attached hydrogen (secondary N) is 1. The van der Waals surface area contributed by atoms with E-state index in [9.17, 15) is 4.21 Å². The lowest BCUT2D eigenvalue weighted by Crippen LogP contribution is -2.13. The summed E-state index contributed by atoms with van der Waals surface area (Å²) in [7, 11) is -0.752. The van der Waals surface area contributed by atoms with Gasteiger partial charge in [0.2, 0.25) is 0 Å². The predicted molar refractivity (Wildman–Crippen MR) is 68.4 cm³/mol. The molecule has 0 saturated heterocycles. The Morgan fingerprint density at radius 3 is 3.00 bits per heavy atom. The average molecular weight is 292 g/mol. The quantitative estimate of drug-likeness (QED) is 0.865. The third kappa shape index (κ3) is 4.17. The van der Waals surface area contributed by atoms with Gasteiger partial charge in [-0.05, 0) is 22.0 Å². The molecule has 0 aromatic carbocycles. The molecule has 4 nitrogen and oxygen atoms in total. The van der Waals surface area contributed by atoms with Gasteiger partial charge in [0.25, 0.3) is 0 Å². The molecule has 0 aliphatic heterocycles. The van der Waals surface area contributed by atoms with E-state index in [1.807, 2.05) is 6.92 Å². The Labute approximate surface area is 100 Å². The fraction of sp³-hybridized carbons (Fsp3) is 0.444. The van der Waals surface area contributed by atoms with Gasteiger partial charge in [-0.1, -0.05) is 6.92 Å². The minimum absolute atomic E-state index is 0.589. The van der Waals surface area contributed by atoms with Gasteiger partial charge in [0.15, 0.2) is 0 Å². The van der Waals surface area contributed by atoms with Gasteiger partial charge in [0, 0.05) is 39.5 Å². The monoisotopic (exact) mass is 291 g/mol.